The number of carbonyl (C=O) groups is 2. The van der Waals surface area contributed by atoms with Gasteiger partial charge in [0, 0.05) is 0 Å². The summed E-state index contributed by atoms with van der Waals surface area (Å²) in [5.74, 6) is 0.613. The van der Waals surface area contributed by atoms with Crippen molar-refractivity contribution < 1.29 is 23.8 Å². The summed E-state index contributed by atoms with van der Waals surface area (Å²) >= 11 is 0. The molecule has 0 saturated carbocycles. The van der Waals surface area contributed by atoms with Crippen molar-refractivity contribution in [2.45, 2.75) is 12.2 Å². The third-order valence-electron chi connectivity index (χ3n) is 4.14. The van der Waals surface area contributed by atoms with E-state index in [-0.39, 0.29) is 19.1 Å². The van der Waals surface area contributed by atoms with E-state index in [1.807, 2.05) is 12.1 Å². The molecule has 0 bridgehead atoms. The summed E-state index contributed by atoms with van der Waals surface area (Å²) < 4.78 is 17.0. The van der Waals surface area contributed by atoms with Gasteiger partial charge in [0.1, 0.15) is 12.4 Å². The normalized spacial score (nSPS) is 21.0. The number of para-hydroxylation sites is 4. The standard InChI is InChI=1S/C18H16N2O5/c19-17(21)15-9-20(11-5-1-2-6-12(11)24-15)18(22)16-10-23-13-7-3-4-8-14(13)25-16/h1-8,15-16H,9-10H2,(H2,19,21)/t15-,16-/m0/s1. The number of carbonyl (C=O) groups excluding carboxylic acids is 2. The first-order valence-corrected chi connectivity index (χ1v) is 7.88. The molecule has 2 aliphatic rings. The van der Waals surface area contributed by atoms with Gasteiger partial charge in [0.2, 0.25) is 6.10 Å². The summed E-state index contributed by atoms with van der Waals surface area (Å²) in [5.41, 5.74) is 5.95. The number of hydrogen-bond donors (Lipinski definition) is 1. The Morgan fingerprint density at radius 2 is 1.56 bits per heavy atom. The van der Waals surface area contributed by atoms with Crippen LogP contribution in [-0.2, 0) is 9.59 Å². The number of hydrogen-bond acceptors (Lipinski definition) is 5. The Hall–Kier alpha value is -3.22. The number of benzene rings is 2. The number of anilines is 1. The smallest absolute Gasteiger partial charge is 0.271 e. The first kappa shape index (κ1) is 15.3. The molecule has 4 rings (SSSR count). The third-order valence-corrected chi connectivity index (χ3v) is 4.14. The lowest BCUT2D eigenvalue weighted by Crippen LogP contribution is -2.54. The molecular formula is C18H16N2O5. The van der Waals surface area contributed by atoms with Crippen molar-refractivity contribution in [2.24, 2.45) is 5.73 Å². The molecule has 2 aromatic carbocycles. The van der Waals surface area contributed by atoms with Crippen molar-refractivity contribution >= 4 is 17.5 Å². The second-order valence-electron chi connectivity index (χ2n) is 5.79. The van der Waals surface area contributed by atoms with Crippen LogP contribution in [0.4, 0.5) is 5.69 Å². The molecule has 0 aliphatic carbocycles. The van der Waals surface area contributed by atoms with Crippen molar-refractivity contribution in [1.82, 2.24) is 0 Å². The minimum atomic E-state index is -0.907. The van der Waals surface area contributed by atoms with E-state index in [0.717, 1.165) is 0 Å². The molecule has 2 aliphatic heterocycles. The fourth-order valence-corrected chi connectivity index (χ4v) is 2.91. The zero-order valence-electron chi connectivity index (χ0n) is 13.3. The molecule has 2 N–H and O–H groups in total. The van der Waals surface area contributed by atoms with Gasteiger partial charge in [-0.1, -0.05) is 24.3 Å². The van der Waals surface area contributed by atoms with Crippen LogP contribution in [0.5, 0.6) is 17.2 Å². The van der Waals surface area contributed by atoms with E-state index in [9.17, 15) is 9.59 Å². The van der Waals surface area contributed by atoms with Gasteiger partial charge in [-0.3, -0.25) is 9.59 Å². The number of nitrogens with zero attached hydrogens (tertiary/aromatic N) is 1. The van der Waals surface area contributed by atoms with Crippen molar-refractivity contribution in [3.05, 3.63) is 48.5 Å². The van der Waals surface area contributed by atoms with Crippen LogP contribution in [0, 0.1) is 0 Å². The number of fused-ring (bicyclic) bond motifs is 2. The third kappa shape index (κ3) is 2.73. The predicted octanol–water partition coefficient (Wildman–Crippen LogP) is 1.11. The Morgan fingerprint density at radius 3 is 2.32 bits per heavy atom. The number of ether oxygens (including phenoxy) is 3. The van der Waals surface area contributed by atoms with Gasteiger partial charge in [-0.2, -0.15) is 0 Å². The van der Waals surface area contributed by atoms with Crippen LogP contribution in [0.1, 0.15) is 0 Å². The topological polar surface area (TPSA) is 91.1 Å². The largest absolute Gasteiger partial charge is 0.485 e. The first-order valence-electron chi connectivity index (χ1n) is 7.88. The van der Waals surface area contributed by atoms with E-state index < -0.39 is 18.1 Å². The molecule has 128 valence electrons. The van der Waals surface area contributed by atoms with E-state index in [1.54, 1.807) is 36.4 Å². The monoisotopic (exact) mass is 340 g/mol. The SMILES string of the molecule is NC(=O)[C@@H]1CN(C(=O)[C@@H]2COc3ccccc3O2)c2ccccc2O1. The van der Waals surface area contributed by atoms with Crippen LogP contribution >= 0.6 is 0 Å². The quantitative estimate of drug-likeness (QED) is 0.884. The number of nitrogens with two attached hydrogens (primary N) is 1. The Labute approximate surface area is 143 Å². The fourth-order valence-electron chi connectivity index (χ4n) is 2.91. The summed E-state index contributed by atoms with van der Waals surface area (Å²) in [4.78, 5) is 26.1. The zero-order valence-corrected chi connectivity index (χ0v) is 13.3. The zero-order chi connectivity index (χ0) is 17.4. The van der Waals surface area contributed by atoms with Crippen LogP contribution in [0.2, 0.25) is 0 Å². The second-order valence-corrected chi connectivity index (χ2v) is 5.79. The summed E-state index contributed by atoms with van der Waals surface area (Å²) in [6.07, 6.45) is -1.72. The summed E-state index contributed by atoms with van der Waals surface area (Å²) in [6, 6.07) is 14.2. The number of rotatable bonds is 2. The highest BCUT2D eigenvalue weighted by molar-refractivity contribution is 6.00. The van der Waals surface area contributed by atoms with Crippen LogP contribution in [0.25, 0.3) is 0 Å². The molecule has 0 saturated heterocycles. The van der Waals surface area contributed by atoms with Gasteiger partial charge in [-0.05, 0) is 24.3 Å². The lowest BCUT2D eigenvalue weighted by atomic mass is 10.1. The van der Waals surface area contributed by atoms with E-state index in [1.165, 1.54) is 4.90 Å². The molecule has 2 atom stereocenters. The van der Waals surface area contributed by atoms with Gasteiger partial charge >= 0.3 is 0 Å². The molecule has 0 radical (unpaired) electrons. The summed E-state index contributed by atoms with van der Waals surface area (Å²) in [6.45, 7) is 0.128. The van der Waals surface area contributed by atoms with Crippen molar-refractivity contribution in [1.29, 1.82) is 0 Å². The van der Waals surface area contributed by atoms with E-state index >= 15 is 0 Å². The van der Waals surface area contributed by atoms with Gasteiger partial charge < -0.3 is 24.8 Å². The Balaban J connectivity index is 1.62. The van der Waals surface area contributed by atoms with Gasteiger partial charge in [-0.15, -0.1) is 0 Å². The van der Waals surface area contributed by atoms with Crippen molar-refractivity contribution in [3.8, 4) is 17.2 Å². The molecule has 7 nitrogen and oxygen atoms in total. The van der Waals surface area contributed by atoms with Crippen LogP contribution in [0.15, 0.2) is 48.5 Å². The lowest BCUT2D eigenvalue weighted by molar-refractivity contribution is -0.129. The van der Waals surface area contributed by atoms with Gasteiger partial charge in [-0.25, -0.2) is 0 Å². The highest BCUT2D eigenvalue weighted by Gasteiger charge is 2.38. The Bertz CT molecular complexity index is 838. The molecule has 0 spiro atoms. The molecular weight excluding hydrogens is 324 g/mol. The van der Waals surface area contributed by atoms with Crippen LogP contribution in [-0.4, -0.2) is 37.2 Å². The van der Waals surface area contributed by atoms with Crippen LogP contribution in [0.3, 0.4) is 0 Å². The number of amides is 2. The highest BCUT2D eigenvalue weighted by Crippen LogP contribution is 2.35. The van der Waals surface area contributed by atoms with E-state index in [0.29, 0.717) is 22.9 Å². The molecule has 7 heteroatoms. The highest BCUT2D eigenvalue weighted by atomic mass is 16.6. The minimum Gasteiger partial charge on any atom is -0.485 e. The predicted molar refractivity (Wildman–Crippen MR) is 88.8 cm³/mol. The average molecular weight is 340 g/mol. The van der Waals surface area contributed by atoms with E-state index in [2.05, 4.69) is 0 Å². The Kier molecular flexibility index (Phi) is 3.68. The molecule has 2 aromatic rings. The van der Waals surface area contributed by atoms with E-state index in [4.69, 9.17) is 19.9 Å². The second kappa shape index (κ2) is 6.01. The minimum absolute atomic E-state index is 0.0344. The molecule has 0 unspecified atom stereocenters. The number of primary amides is 1. The maximum Gasteiger partial charge on any atom is 0.271 e. The maximum atomic E-state index is 13.0. The molecule has 2 amide bonds. The molecule has 2 heterocycles. The van der Waals surface area contributed by atoms with Crippen LogP contribution < -0.4 is 24.8 Å². The first-order chi connectivity index (χ1) is 12.1. The average Bonchev–Trinajstić information content (AvgIpc) is 2.66. The van der Waals surface area contributed by atoms with Gasteiger partial charge in [0.15, 0.2) is 17.6 Å². The lowest BCUT2D eigenvalue weighted by Gasteiger charge is -2.36. The van der Waals surface area contributed by atoms with Crippen molar-refractivity contribution in [2.75, 3.05) is 18.1 Å². The van der Waals surface area contributed by atoms with Gasteiger partial charge in [0.25, 0.3) is 11.8 Å². The molecule has 0 fully saturated rings. The summed E-state index contributed by atoms with van der Waals surface area (Å²) in [5, 5.41) is 0. The molecule has 0 aromatic heterocycles. The van der Waals surface area contributed by atoms with Gasteiger partial charge in [0.05, 0.1) is 12.2 Å². The Morgan fingerprint density at radius 1 is 0.920 bits per heavy atom. The maximum absolute atomic E-state index is 13.0. The van der Waals surface area contributed by atoms with Crippen molar-refractivity contribution in [3.63, 3.8) is 0 Å². The summed E-state index contributed by atoms with van der Waals surface area (Å²) in [7, 11) is 0. The molecule has 25 heavy (non-hydrogen) atoms. The fraction of sp³-hybridized carbons (Fsp3) is 0.222.